The summed E-state index contributed by atoms with van der Waals surface area (Å²) < 4.78 is 0. The number of rotatable bonds is 3. The van der Waals surface area contributed by atoms with Crippen LogP contribution in [0, 0.1) is 6.92 Å². The quantitative estimate of drug-likeness (QED) is 0.389. The van der Waals surface area contributed by atoms with Crippen LogP contribution in [0.25, 0.3) is 21.9 Å². The number of para-hydroxylation sites is 1. The zero-order valence-corrected chi connectivity index (χ0v) is 17.1. The summed E-state index contributed by atoms with van der Waals surface area (Å²) in [7, 11) is 0. The molecule has 0 heterocycles. The molecule has 0 atom stereocenters. The molecule has 0 unspecified atom stereocenters. The lowest BCUT2D eigenvalue weighted by atomic mass is 9.82. The van der Waals surface area contributed by atoms with E-state index in [1.54, 1.807) is 0 Å². The second kappa shape index (κ2) is 7.16. The van der Waals surface area contributed by atoms with Gasteiger partial charge in [0, 0.05) is 11.4 Å². The Kier molecular flexibility index (Phi) is 4.68. The summed E-state index contributed by atoms with van der Waals surface area (Å²) in [5.74, 6) is 0. The molecule has 0 amide bonds. The number of nitrogens with one attached hydrogen (secondary N) is 1. The summed E-state index contributed by atoms with van der Waals surface area (Å²) in [6.45, 7) is 8.97. The van der Waals surface area contributed by atoms with Crippen molar-refractivity contribution in [1.29, 1.82) is 0 Å². The van der Waals surface area contributed by atoms with E-state index in [1.807, 2.05) is 0 Å². The number of fused-ring (bicyclic) bond motifs is 1. The maximum absolute atomic E-state index is 3.57. The first-order valence-electron chi connectivity index (χ1n) is 9.89. The molecular weight excluding hydrogens is 338 g/mol. The molecule has 0 aliphatic heterocycles. The van der Waals surface area contributed by atoms with Crippen LogP contribution in [0.2, 0.25) is 0 Å². The lowest BCUT2D eigenvalue weighted by Gasteiger charge is -2.23. The standard InChI is InChI=1S/C27H27N/c1-19-10-5-8-15-26(19)28-21-12-9-11-20(18-21)22-16-17-25(27(2,3)4)24-14-7-6-13-23(22)24/h5-18,28H,1-4H3. The number of anilines is 2. The molecule has 1 N–H and O–H groups in total. The summed E-state index contributed by atoms with van der Waals surface area (Å²) in [6, 6.07) is 30.4. The van der Waals surface area contributed by atoms with Crippen LogP contribution in [0.4, 0.5) is 11.4 Å². The minimum Gasteiger partial charge on any atom is -0.355 e. The van der Waals surface area contributed by atoms with Gasteiger partial charge in [-0.15, -0.1) is 0 Å². The molecule has 140 valence electrons. The zero-order chi connectivity index (χ0) is 19.7. The van der Waals surface area contributed by atoms with E-state index in [4.69, 9.17) is 0 Å². The van der Waals surface area contributed by atoms with Gasteiger partial charge in [-0.05, 0) is 63.6 Å². The molecule has 0 fully saturated rings. The van der Waals surface area contributed by atoms with Gasteiger partial charge >= 0.3 is 0 Å². The van der Waals surface area contributed by atoms with Gasteiger partial charge in [-0.2, -0.15) is 0 Å². The van der Waals surface area contributed by atoms with Crippen molar-refractivity contribution in [3.63, 3.8) is 0 Å². The fraction of sp³-hybridized carbons (Fsp3) is 0.185. The largest absolute Gasteiger partial charge is 0.355 e. The van der Waals surface area contributed by atoms with Gasteiger partial charge in [0.2, 0.25) is 0 Å². The van der Waals surface area contributed by atoms with E-state index in [0.29, 0.717) is 0 Å². The van der Waals surface area contributed by atoms with Crippen LogP contribution in [0.5, 0.6) is 0 Å². The predicted molar refractivity (Wildman–Crippen MR) is 123 cm³/mol. The summed E-state index contributed by atoms with van der Waals surface area (Å²) in [5, 5.41) is 6.21. The van der Waals surface area contributed by atoms with Gasteiger partial charge < -0.3 is 5.32 Å². The third-order valence-corrected chi connectivity index (χ3v) is 5.33. The monoisotopic (exact) mass is 365 g/mol. The fourth-order valence-corrected chi connectivity index (χ4v) is 3.84. The molecule has 0 aliphatic rings. The van der Waals surface area contributed by atoms with Crippen LogP contribution in [0.1, 0.15) is 31.9 Å². The second-order valence-corrected chi connectivity index (χ2v) is 8.48. The van der Waals surface area contributed by atoms with Gasteiger partial charge in [0.15, 0.2) is 0 Å². The second-order valence-electron chi connectivity index (χ2n) is 8.48. The molecule has 28 heavy (non-hydrogen) atoms. The van der Waals surface area contributed by atoms with E-state index in [1.165, 1.54) is 33.0 Å². The van der Waals surface area contributed by atoms with E-state index in [-0.39, 0.29) is 5.41 Å². The summed E-state index contributed by atoms with van der Waals surface area (Å²) in [6.07, 6.45) is 0. The highest BCUT2D eigenvalue weighted by Crippen LogP contribution is 2.36. The van der Waals surface area contributed by atoms with Crippen molar-refractivity contribution < 1.29 is 0 Å². The Hall–Kier alpha value is -3.06. The van der Waals surface area contributed by atoms with Gasteiger partial charge in [0.25, 0.3) is 0 Å². The topological polar surface area (TPSA) is 12.0 Å². The van der Waals surface area contributed by atoms with Crippen LogP contribution in [-0.4, -0.2) is 0 Å². The summed E-state index contributed by atoms with van der Waals surface area (Å²) in [4.78, 5) is 0. The highest BCUT2D eigenvalue weighted by Gasteiger charge is 2.18. The van der Waals surface area contributed by atoms with E-state index in [9.17, 15) is 0 Å². The molecular formula is C27H27N. The first-order chi connectivity index (χ1) is 13.4. The molecule has 4 aromatic rings. The Morgan fingerprint density at radius 1 is 0.679 bits per heavy atom. The molecule has 0 saturated heterocycles. The fourth-order valence-electron chi connectivity index (χ4n) is 3.84. The van der Waals surface area contributed by atoms with E-state index < -0.39 is 0 Å². The third-order valence-electron chi connectivity index (χ3n) is 5.33. The van der Waals surface area contributed by atoms with Crippen LogP contribution in [0.3, 0.4) is 0 Å². The SMILES string of the molecule is Cc1ccccc1Nc1cccc(-c2ccc(C(C)(C)C)c3ccccc23)c1. The first kappa shape index (κ1) is 18.3. The van der Waals surface area contributed by atoms with Crippen LogP contribution in [-0.2, 0) is 5.41 Å². The van der Waals surface area contributed by atoms with Crippen molar-refractivity contribution in [1.82, 2.24) is 0 Å². The molecule has 0 radical (unpaired) electrons. The molecule has 0 aliphatic carbocycles. The molecule has 4 rings (SSSR count). The Labute approximate surface area is 168 Å². The highest BCUT2D eigenvalue weighted by molar-refractivity contribution is 5.99. The number of aryl methyl sites for hydroxylation is 1. The Morgan fingerprint density at radius 3 is 2.14 bits per heavy atom. The van der Waals surface area contributed by atoms with Crippen molar-refractivity contribution in [3.05, 3.63) is 96.1 Å². The van der Waals surface area contributed by atoms with Crippen molar-refractivity contribution in [2.75, 3.05) is 5.32 Å². The normalized spacial score (nSPS) is 11.6. The first-order valence-corrected chi connectivity index (χ1v) is 9.89. The number of hydrogen-bond acceptors (Lipinski definition) is 1. The van der Waals surface area contributed by atoms with Gasteiger partial charge in [-0.25, -0.2) is 0 Å². The predicted octanol–water partition coefficient (Wildman–Crippen LogP) is 7.86. The van der Waals surface area contributed by atoms with Gasteiger partial charge in [-0.3, -0.25) is 0 Å². The summed E-state index contributed by atoms with van der Waals surface area (Å²) in [5.41, 5.74) is 7.51. The molecule has 0 spiro atoms. The van der Waals surface area contributed by atoms with Crippen LogP contribution >= 0.6 is 0 Å². The Morgan fingerprint density at radius 2 is 1.39 bits per heavy atom. The average Bonchev–Trinajstić information content (AvgIpc) is 2.68. The molecule has 0 bridgehead atoms. The Balaban J connectivity index is 1.80. The molecule has 1 nitrogen and oxygen atoms in total. The van der Waals surface area contributed by atoms with Crippen molar-refractivity contribution in [2.45, 2.75) is 33.1 Å². The van der Waals surface area contributed by atoms with Gasteiger partial charge in [0.05, 0.1) is 0 Å². The average molecular weight is 366 g/mol. The van der Waals surface area contributed by atoms with E-state index >= 15 is 0 Å². The highest BCUT2D eigenvalue weighted by atomic mass is 14.9. The minimum absolute atomic E-state index is 0.117. The number of hydrogen-bond donors (Lipinski definition) is 1. The minimum atomic E-state index is 0.117. The van der Waals surface area contributed by atoms with Gasteiger partial charge in [-0.1, -0.05) is 87.5 Å². The zero-order valence-electron chi connectivity index (χ0n) is 17.1. The van der Waals surface area contributed by atoms with Crippen molar-refractivity contribution in [2.24, 2.45) is 0 Å². The van der Waals surface area contributed by atoms with E-state index in [0.717, 1.165) is 11.4 Å². The lowest BCUT2D eigenvalue weighted by Crippen LogP contribution is -2.11. The molecule has 4 aromatic carbocycles. The van der Waals surface area contributed by atoms with E-state index in [2.05, 4.69) is 118 Å². The third kappa shape index (κ3) is 3.53. The maximum atomic E-state index is 3.57. The summed E-state index contributed by atoms with van der Waals surface area (Å²) >= 11 is 0. The molecule has 1 heteroatoms. The molecule has 0 saturated carbocycles. The van der Waals surface area contributed by atoms with Crippen LogP contribution < -0.4 is 5.32 Å². The van der Waals surface area contributed by atoms with Crippen molar-refractivity contribution >= 4 is 22.1 Å². The lowest BCUT2D eigenvalue weighted by molar-refractivity contribution is 0.596. The maximum Gasteiger partial charge on any atom is 0.0413 e. The van der Waals surface area contributed by atoms with Crippen LogP contribution in [0.15, 0.2) is 84.9 Å². The van der Waals surface area contributed by atoms with Gasteiger partial charge in [0.1, 0.15) is 0 Å². The Bertz CT molecular complexity index is 1130. The smallest absolute Gasteiger partial charge is 0.0413 e. The number of benzene rings is 4. The molecule has 0 aromatic heterocycles. The van der Waals surface area contributed by atoms with Crippen molar-refractivity contribution in [3.8, 4) is 11.1 Å².